The van der Waals surface area contributed by atoms with Gasteiger partial charge in [0.15, 0.2) is 0 Å². The lowest BCUT2D eigenvalue weighted by molar-refractivity contribution is 0.282. The number of hydrogen-bond acceptors (Lipinski definition) is 2. The summed E-state index contributed by atoms with van der Waals surface area (Å²) in [5, 5.41) is 17.5. The average Bonchev–Trinajstić information content (AvgIpc) is 2.93. The predicted octanol–water partition coefficient (Wildman–Crippen LogP) is 10.7. The summed E-state index contributed by atoms with van der Waals surface area (Å²) in [6, 6.07) is 0. The molecule has 0 rings (SSSR count). The molecule has 0 heterocycles. The second-order valence-electron chi connectivity index (χ2n) is 11.5. The minimum Gasteiger partial charge on any atom is -0.396 e. The molecule has 0 spiro atoms. The Hall–Kier alpha value is -0.960. The van der Waals surface area contributed by atoms with Crippen molar-refractivity contribution in [1.82, 2.24) is 0 Å². The molecule has 0 aliphatic carbocycles. The summed E-state index contributed by atoms with van der Waals surface area (Å²) in [5.41, 5.74) is 0. The summed E-state index contributed by atoms with van der Waals surface area (Å²) in [6.07, 6.45) is 39.1. The molecule has 0 saturated carbocycles. The van der Waals surface area contributed by atoms with Gasteiger partial charge in [-0.15, -0.1) is 0 Å². The predicted molar refractivity (Wildman–Crippen MR) is 168 cm³/mol. The molecule has 0 fully saturated rings. The summed E-state index contributed by atoms with van der Waals surface area (Å²) in [4.78, 5) is 0. The zero-order valence-electron chi connectivity index (χ0n) is 25.5. The van der Waals surface area contributed by atoms with Crippen molar-refractivity contribution in [3.8, 4) is 23.7 Å². The monoisotopic (exact) mass is 531 g/mol. The number of aliphatic hydroxyl groups is 2. The molecule has 2 N–H and O–H groups in total. The van der Waals surface area contributed by atoms with Gasteiger partial charge >= 0.3 is 0 Å². The van der Waals surface area contributed by atoms with E-state index in [1.54, 1.807) is 0 Å². The van der Waals surface area contributed by atoms with Crippen molar-refractivity contribution in [3.05, 3.63) is 0 Å². The van der Waals surface area contributed by atoms with Crippen molar-refractivity contribution >= 4 is 0 Å². The molecule has 0 aromatic heterocycles. The van der Waals surface area contributed by atoms with Gasteiger partial charge in [-0.25, -0.2) is 0 Å². The first-order valence-corrected chi connectivity index (χ1v) is 17.1. The van der Waals surface area contributed by atoms with Crippen LogP contribution >= 0.6 is 0 Å². The highest BCUT2D eigenvalue weighted by Gasteiger charge is 1.95. The van der Waals surface area contributed by atoms with E-state index in [-0.39, 0.29) is 0 Å². The number of hydrogen-bond donors (Lipinski definition) is 2. The standard InChI is InChI=1S/C36H66O2/c37-35-33-31-29-27-25-23-21-19-17-15-13-11-9-7-5-3-1-2-4-6-8-10-12-14-16-18-20-22-24-26-28-30-32-34-36-38/h37-38H,5-36H2. The molecule has 0 radical (unpaired) electrons. The molecular formula is C36H66O2. The van der Waals surface area contributed by atoms with Crippen molar-refractivity contribution < 1.29 is 10.2 Å². The van der Waals surface area contributed by atoms with E-state index in [1.807, 2.05) is 0 Å². The van der Waals surface area contributed by atoms with Crippen molar-refractivity contribution in [2.75, 3.05) is 13.2 Å². The highest BCUT2D eigenvalue weighted by atomic mass is 16.3. The smallest absolute Gasteiger partial charge is 0.0431 e. The van der Waals surface area contributed by atoms with Crippen LogP contribution in [0.3, 0.4) is 0 Å². The van der Waals surface area contributed by atoms with Gasteiger partial charge in [-0.1, -0.05) is 166 Å². The normalized spacial score (nSPS) is 10.7. The summed E-state index contributed by atoms with van der Waals surface area (Å²) in [5.74, 6) is 12.6. The fourth-order valence-electron chi connectivity index (χ4n) is 5.11. The Morgan fingerprint density at radius 3 is 0.632 bits per heavy atom. The first-order chi connectivity index (χ1) is 18.9. The zero-order chi connectivity index (χ0) is 27.5. The Labute approximate surface area is 239 Å². The molecule has 0 amide bonds. The lowest BCUT2D eigenvalue weighted by atomic mass is 10.0. The van der Waals surface area contributed by atoms with Gasteiger partial charge in [0.25, 0.3) is 0 Å². The molecule has 0 aliphatic heterocycles. The molecule has 0 aromatic carbocycles. The van der Waals surface area contributed by atoms with Crippen molar-refractivity contribution in [1.29, 1.82) is 0 Å². The summed E-state index contributed by atoms with van der Waals surface area (Å²) < 4.78 is 0. The quantitative estimate of drug-likeness (QED) is 0.0716. The van der Waals surface area contributed by atoms with E-state index in [2.05, 4.69) is 23.7 Å². The lowest BCUT2D eigenvalue weighted by Gasteiger charge is -2.02. The van der Waals surface area contributed by atoms with Gasteiger partial charge in [0.05, 0.1) is 0 Å². The van der Waals surface area contributed by atoms with Gasteiger partial charge < -0.3 is 10.2 Å². The highest BCUT2D eigenvalue weighted by molar-refractivity contribution is 5.25. The maximum Gasteiger partial charge on any atom is 0.0431 e. The first-order valence-electron chi connectivity index (χ1n) is 17.1. The second kappa shape index (κ2) is 36.0. The molecule has 2 nitrogen and oxygen atoms in total. The fraction of sp³-hybridized carbons (Fsp3) is 0.889. The van der Waals surface area contributed by atoms with Gasteiger partial charge in [-0.3, -0.25) is 0 Å². The zero-order valence-corrected chi connectivity index (χ0v) is 25.5. The first kappa shape index (κ1) is 37.0. The van der Waals surface area contributed by atoms with Crippen LogP contribution in [0.15, 0.2) is 0 Å². The summed E-state index contributed by atoms with van der Waals surface area (Å²) in [7, 11) is 0. The van der Waals surface area contributed by atoms with E-state index < -0.39 is 0 Å². The molecular weight excluding hydrogens is 464 g/mol. The molecule has 0 aliphatic rings. The van der Waals surface area contributed by atoms with Crippen molar-refractivity contribution in [2.24, 2.45) is 0 Å². The second-order valence-corrected chi connectivity index (χ2v) is 11.5. The highest BCUT2D eigenvalue weighted by Crippen LogP contribution is 2.14. The Kier molecular flexibility index (Phi) is 35.1. The molecule has 0 bridgehead atoms. The SMILES string of the molecule is OCCCCCCCCCCCCCCCCC#CC#CCCCCCCCCCCCCCCCCO. The number of unbranched alkanes of at least 4 members (excludes halogenated alkanes) is 28. The van der Waals surface area contributed by atoms with Gasteiger partial charge in [0.2, 0.25) is 0 Å². The minimum atomic E-state index is 0.360. The fourth-order valence-corrected chi connectivity index (χ4v) is 5.11. The average molecular weight is 531 g/mol. The molecule has 38 heavy (non-hydrogen) atoms. The summed E-state index contributed by atoms with van der Waals surface area (Å²) in [6.45, 7) is 0.720. The van der Waals surface area contributed by atoms with Crippen LogP contribution in [0.4, 0.5) is 0 Å². The Bertz CT molecular complexity index is 497. The van der Waals surface area contributed by atoms with Crippen LogP contribution in [-0.2, 0) is 0 Å². The third-order valence-corrected chi connectivity index (χ3v) is 7.66. The molecule has 0 unspecified atom stereocenters. The molecule has 0 atom stereocenters. The lowest BCUT2D eigenvalue weighted by Crippen LogP contribution is -1.85. The Balaban J connectivity index is 3.19. The minimum absolute atomic E-state index is 0.360. The van der Waals surface area contributed by atoms with Crippen LogP contribution in [0.5, 0.6) is 0 Å². The Morgan fingerprint density at radius 1 is 0.237 bits per heavy atom. The van der Waals surface area contributed by atoms with Gasteiger partial charge in [-0.05, 0) is 37.5 Å². The molecule has 0 saturated heterocycles. The van der Waals surface area contributed by atoms with Gasteiger partial charge in [-0.2, -0.15) is 0 Å². The van der Waals surface area contributed by atoms with Gasteiger partial charge in [0.1, 0.15) is 0 Å². The van der Waals surface area contributed by atoms with Crippen LogP contribution in [0.2, 0.25) is 0 Å². The largest absolute Gasteiger partial charge is 0.396 e. The van der Waals surface area contributed by atoms with Crippen molar-refractivity contribution in [2.45, 2.75) is 193 Å². The Morgan fingerprint density at radius 2 is 0.421 bits per heavy atom. The van der Waals surface area contributed by atoms with Crippen LogP contribution in [-0.4, -0.2) is 23.4 Å². The topological polar surface area (TPSA) is 40.5 Å². The van der Waals surface area contributed by atoms with Crippen molar-refractivity contribution in [3.63, 3.8) is 0 Å². The number of aliphatic hydroxyl groups excluding tert-OH is 2. The number of rotatable bonds is 30. The summed E-state index contributed by atoms with van der Waals surface area (Å²) >= 11 is 0. The van der Waals surface area contributed by atoms with E-state index in [9.17, 15) is 0 Å². The van der Waals surface area contributed by atoms with E-state index in [0.717, 1.165) is 25.7 Å². The van der Waals surface area contributed by atoms with E-state index in [1.165, 1.54) is 167 Å². The third kappa shape index (κ3) is 35.0. The molecule has 222 valence electrons. The van der Waals surface area contributed by atoms with Crippen LogP contribution in [0.25, 0.3) is 0 Å². The van der Waals surface area contributed by atoms with E-state index in [0.29, 0.717) is 13.2 Å². The van der Waals surface area contributed by atoms with Crippen LogP contribution in [0, 0.1) is 23.7 Å². The molecule has 2 heteroatoms. The third-order valence-electron chi connectivity index (χ3n) is 7.66. The van der Waals surface area contributed by atoms with Crippen LogP contribution in [0.1, 0.15) is 193 Å². The van der Waals surface area contributed by atoms with Crippen LogP contribution < -0.4 is 0 Å². The maximum atomic E-state index is 8.77. The van der Waals surface area contributed by atoms with Gasteiger partial charge in [0, 0.05) is 26.1 Å². The van der Waals surface area contributed by atoms with E-state index in [4.69, 9.17) is 10.2 Å². The molecule has 0 aromatic rings. The maximum absolute atomic E-state index is 8.77. The van der Waals surface area contributed by atoms with E-state index >= 15 is 0 Å².